The lowest BCUT2D eigenvalue weighted by molar-refractivity contribution is -0.132. The minimum Gasteiger partial charge on any atom is -0.497 e. The Morgan fingerprint density at radius 2 is 1.55 bits per heavy atom. The first-order valence-corrected chi connectivity index (χ1v) is 10.4. The van der Waals surface area contributed by atoms with Gasteiger partial charge in [0, 0.05) is 11.8 Å². The van der Waals surface area contributed by atoms with E-state index in [-0.39, 0.29) is 6.42 Å². The molecule has 0 amide bonds. The summed E-state index contributed by atoms with van der Waals surface area (Å²) in [5.41, 5.74) is -1.41. The largest absolute Gasteiger partial charge is 0.497 e. The number of benzene rings is 2. The Balaban J connectivity index is 2.55. The molecule has 0 heterocycles. The fraction of sp³-hybridized carbons (Fsp3) is 0.478. The zero-order valence-corrected chi connectivity index (χ0v) is 19.1. The summed E-state index contributed by atoms with van der Waals surface area (Å²) in [6, 6.07) is 12.2. The number of methoxy groups -OCH3 is 1. The quantitative estimate of drug-likeness (QED) is 0.540. The third-order valence-electron chi connectivity index (χ3n) is 4.97. The lowest BCUT2D eigenvalue weighted by Gasteiger charge is -2.44. The lowest BCUT2D eigenvalue weighted by Crippen LogP contribution is -2.52. The first-order valence-electron chi connectivity index (χ1n) is 9.68. The fourth-order valence-corrected chi connectivity index (χ4v) is 3.72. The predicted octanol–water partition coefficient (Wildman–Crippen LogP) is 5.84. The zero-order valence-electron chi connectivity index (χ0n) is 17.6. The first-order chi connectivity index (χ1) is 13.5. The van der Waals surface area contributed by atoms with E-state index in [4.69, 9.17) is 32.7 Å². The van der Waals surface area contributed by atoms with Gasteiger partial charge in [-0.15, -0.1) is 0 Å². The topological polar surface area (TPSA) is 58.9 Å². The average molecular weight is 441 g/mol. The molecule has 0 aliphatic carbocycles. The van der Waals surface area contributed by atoms with Gasteiger partial charge in [-0.25, -0.2) is 0 Å². The van der Waals surface area contributed by atoms with Gasteiger partial charge in [0.05, 0.1) is 23.3 Å². The molecule has 0 fully saturated rings. The number of halogens is 2. The monoisotopic (exact) mass is 440 g/mol. The third-order valence-corrected chi connectivity index (χ3v) is 5.71. The molecular formula is C23H30Cl2O4. The summed E-state index contributed by atoms with van der Waals surface area (Å²) in [5, 5.41) is 23.1. The molecule has 3 atom stereocenters. The van der Waals surface area contributed by atoms with Gasteiger partial charge >= 0.3 is 0 Å². The number of aliphatic hydroxyl groups is 2. The molecule has 0 bridgehead atoms. The molecule has 2 aromatic rings. The van der Waals surface area contributed by atoms with Crippen LogP contribution in [0.4, 0.5) is 0 Å². The maximum atomic E-state index is 11.9. The van der Waals surface area contributed by atoms with Crippen molar-refractivity contribution in [1.82, 2.24) is 0 Å². The van der Waals surface area contributed by atoms with E-state index in [1.807, 2.05) is 27.7 Å². The molecule has 4 nitrogen and oxygen atoms in total. The van der Waals surface area contributed by atoms with E-state index in [2.05, 4.69) is 0 Å². The summed E-state index contributed by atoms with van der Waals surface area (Å²) in [7, 11) is 1.60. The molecule has 6 heteroatoms. The maximum Gasteiger partial charge on any atom is 0.136 e. The van der Waals surface area contributed by atoms with Crippen LogP contribution in [0.3, 0.4) is 0 Å². The van der Waals surface area contributed by atoms with Gasteiger partial charge in [0.25, 0.3) is 0 Å². The molecule has 0 radical (unpaired) electrons. The van der Waals surface area contributed by atoms with E-state index in [0.717, 1.165) is 0 Å². The van der Waals surface area contributed by atoms with Crippen LogP contribution in [0.2, 0.25) is 10.0 Å². The van der Waals surface area contributed by atoms with Crippen LogP contribution >= 0.6 is 23.2 Å². The number of aliphatic hydroxyl groups excluding tert-OH is 1. The third kappa shape index (κ3) is 5.79. The minimum absolute atomic E-state index is 0.0968. The highest BCUT2D eigenvalue weighted by Crippen LogP contribution is 2.43. The molecular weight excluding hydrogens is 411 g/mol. The molecule has 0 aliphatic rings. The Bertz CT molecular complexity index is 802. The van der Waals surface area contributed by atoms with Gasteiger partial charge in [0.1, 0.15) is 23.2 Å². The van der Waals surface area contributed by atoms with E-state index in [1.165, 1.54) is 0 Å². The fourth-order valence-electron chi connectivity index (χ4n) is 3.43. The van der Waals surface area contributed by atoms with Crippen LogP contribution in [0.15, 0.2) is 42.5 Å². The summed E-state index contributed by atoms with van der Waals surface area (Å²) in [4.78, 5) is 0. The van der Waals surface area contributed by atoms with Crippen molar-refractivity contribution in [3.8, 4) is 11.5 Å². The summed E-state index contributed by atoms with van der Waals surface area (Å²) in [6.07, 6.45) is -0.789. The van der Waals surface area contributed by atoms with Crippen molar-refractivity contribution in [3.63, 3.8) is 0 Å². The van der Waals surface area contributed by atoms with Crippen LogP contribution in [0.5, 0.6) is 11.5 Å². The first kappa shape index (κ1) is 23.8. The second-order valence-corrected chi connectivity index (χ2v) is 9.17. The van der Waals surface area contributed by atoms with Crippen molar-refractivity contribution >= 4 is 23.2 Å². The summed E-state index contributed by atoms with van der Waals surface area (Å²) < 4.78 is 11.5. The molecule has 160 valence electrons. The smallest absolute Gasteiger partial charge is 0.136 e. The Labute approximate surface area is 183 Å². The van der Waals surface area contributed by atoms with Gasteiger partial charge in [-0.1, -0.05) is 57.0 Å². The van der Waals surface area contributed by atoms with Gasteiger partial charge in [-0.2, -0.15) is 0 Å². The second kappa shape index (κ2) is 9.57. The van der Waals surface area contributed by atoms with Crippen molar-refractivity contribution < 1.29 is 19.7 Å². The predicted molar refractivity (Wildman–Crippen MR) is 118 cm³/mol. The van der Waals surface area contributed by atoms with Crippen molar-refractivity contribution in [2.75, 3.05) is 7.11 Å². The number of ether oxygens (including phenoxy) is 2. The molecule has 0 saturated heterocycles. The number of hydrogen-bond donors (Lipinski definition) is 2. The van der Waals surface area contributed by atoms with Gasteiger partial charge in [0.2, 0.25) is 0 Å². The van der Waals surface area contributed by atoms with E-state index >= 15 is 0 Å². The van der Waals surface area contributed by atoms with Gasteiger partial charge in [0.15, 0.2) is 0 Å². The molecule has 2 rings (SSSR count). The lowest BCUT2D eigenvalue weighted by atomic mass is 9.72. The Morgan fingerprint density at radius 3 is 2.03 bits per heavy atom. The highest BCUT2D eigenvalue weighted by molar-refractivity contribution is 6.42. The molecule has 0 aliphatic heterocycles. The molecule has 2 N–H and O–H groups in total. The van der Waals surface area contributed by atoms with E-state index < -0.39 is 23.2 Å². The van der Waals surface area contributed by atoms with E-state index in [9.17, 15) is 10.2 Å². The summed E-state index contributed by atoms with van der Waals surface area (Å²) in [6.45, 7) is 7.84. The van der Waals surface area contributed by atoms with Gasteiger partial charge in [-0.05, 0) is 48.4 Å². The molecule has 2 aromatic carbocycles. The van der Waals surface area contributed by atoms with Crippen LogP contribution in [0, 0.1) is 5.41 Å². The molecule has 0 spiro atoms. The average Bonchev–Trinajstić information content (AvgIpc) is 2.67. The Hall–Kier alpha value is -1.46. The SMILES string of the molecule is CCC(O)C[C@@](O)(c1ccc(Cl)c(Cl)c1)[C@@H](Oc1ccc(OC)cc1)C(C)(C)C. The Morgan fingerprint density at radius 1 is 0.966 bits per heavy atom. The number of hydrogen-bond acceptors (Lipinski definition) is 4. The van der Waals surface area contributed by atoms with Crippen LogP contribution in [-0.4, -0.2) is 29.5 Å². The molecule has 29 heavy (non-hydrogen) atoms. The minimum atomic E-state index is -1.50. The van der Waals surface area contributed by atoms with Crippen molar-refractivity contribution in [1.29, 1.82) is 0 Å². The zero-order chi connectivity index (χ0) is 21.8. The Kier molecular flexibility index (Phi) is 7.86. The summed E-state index contributed by atoms with van der Waals surface area (Å²) in [5.74, 6) is 1.31. The molecule has 1 unspecified atom stereocenters. The van der Waals surface area contributed by atoms with Crippen molar-refractivity contribution in [2.24, 2.45) is 5.41 Å². The van der Waals surface area contributed by atoms with E-state index in [0.29, 0.717) is 33.5 Å². The highest BCUT2D eigenvalue weighted by atomic mass is 35.5. The van der Waals surface area contributed by atoms with Crippen LogP contribution in [0.25, 0.3) is 0 Å². The van der Waals surface area contributed by atoms with Crippen LogP contribution in [-0.2, 0) is 5.60 Å². The molecule has 0 aromatic heterocycles. The molecule has 0 saturated carbocycles. The van der Waals surface area contributed by atoms with Gasteiger partial charge < -0.3 is 19.7 Å². The number of rotatable bonds is 8. The normalized spacial score (nSPS) is 16.0. The van der Waals surface area contributed by atoms with Crippen LogP contribution in [0.1, 0.15) is 46.1 Å². The van der Waals surface area contributed by atoms with Gasteiger partial charge in [-0.3, -0.25) is 0 Å². The summed E-state index contributed by atoms with van der Waals surface area (Å²) >= 11 is 12.3. The maximum absolute atomic E-state index is 11.9. The van der Waals surface area contributed by atoms with Crippen LogP contribution < -0.4 is 9.47 Å². The van der Waals surface area contributed by atoms with Crippen molar-refractivity contribution in [3.05, 3.63) is 58.1 Å². The standard InChI is InChI=1S/C23H30Cl2O4/c1-6-16(26)14-23(27,15-7-12-19(24)20(25)13-15)21(22(2,3)4)29-18-10-8-17(28-5)9-11-18/h7-13,16,21,26-27H,6,14H2,1-5H3/t16?,21-,23+/m0/s1. The highest BCUT2D eigenvalue weighted by Gasteiger charge is 2.48. The second-order valence-electron chi connectivity index (χ2n) is 8.36. The van der Waals surface area contributed by atoms with E-state index in [1.54, 1.807) is 49.6 Å². The van der Waals surface area contributed by atoms with Crippen molar-refractivity contribution in [2.45, 2.75) is 58.3 Å².